The van der Waals surface area contributed by atoms with Gasteiger partial charge in [-0.05, 0) is 29.7 Å². The van der Waals surface area contributed by atoms with Crippen molar-refractivity contribution in [2.24, 2.45) is 11.8 Å². The lowest BCUT2D eigenvalue weighted by Crippen LogP contribution is -2.43. The van der Waals surface area contributed by atoms with Crippen LogP contribution in [0.5, 0.6) is 0 Å². The minimum Gasteiger partial charge on any atom is -0.410 e. The van der Waals surface area contributed by atoms with Gasteiger partial charge in [-0.1, -0.05) is 31.7 Å². The molecule has 7 heteroatoms. The fourth-order valence-electron chi connectivity index (χ4n) is 2.85. The van der Waals surface area contributed by atoms with Crippen LogP contribution < -0.4 is 0 Å². The molecule has 0 radical (unpaired) electrons. The monoisotopic (exact) mass is 337 g/mol. The van der Waals surface area contributed by atoms with Crippen molar-refractivity contribution in [2.75, 3.05) is 18.8 Å². The average Bonchev–Trinajstić information content (AvgIpc) is 3.14. The number of rotatable bonds is 4. The van der Waals surface area contributed by atoms with Crippen LogP contribution >= 0.6 is 23.1 Å². The average molecular weight is 337 g/mol. The zero-order valence-corrected chi connectivity index (χ0v) is 14.3. The van der Waals surface area contributed by atoms with Crippen LogP contribution in [0.4, 0.5) is 0 Å². The van der Waals surface area contributed by atoms with Gasteiger partial charge < -0.3 is 9.32 Å². The van der Waals surface area contributed by atoms with E-state index < -0.39 is 0 Å². The zero-order valence-electron chi connectivity index (χ0n) is 12.7. The van der Waals surface area contributed by atoms with Gasteiger partial charge in [-0.2, -0.15) is 0 Å². The molecule has 1 fully saturated rings. The Morgan fingerprint density at radius 2 is 2.18 bits per heavy atom. The highest BCUT2D eigenvalue weighted by Crippen LogP contribution is 2.27. The summed E-state index contributed by atoms with van der Waals surface area (Å²) in [7, 11) is 0. The molecule has 0 spiro atoms. The van der Waals surface area contributed by atoms with Gasteiger partial charge in [0.25, 0.3) is 11.1 Å². The number of carbonyl (C=O) groups is 1. The molecular formula is C15H19N3O2S2. The maximum atomic E-state index is 12.3. The number of likely N-dealkylation sites (tertiary alicyclic amines) is 1. The van der Waals surface area contributed by atoms with Gasteiger partial charge in [-0.3, -0.25) is 4.79 Å². The van der Waals surface area contributed by atoms with E-state index in [1.807, 2.05) is 22.4 Å². The second kappa shape index (κ2) is 6.83. The third kappa shape index (κ3) is 3.70. The fourth-order valence-corrected chi connectivity index (χ4v) is 4.16. The van der Waals surface area contributed by atoms with Crippen molar-refractivity contribution in [2.45, 2.75) is 25.5 Å². The quantitative estimate of drug-likeness (QED) is 0.800. The summed E-state index contributed by atoms with van der Waals surface area (Å²) in [5.41, 5.74) is 0. The predicted molar refractivity (Wildman–Crippen MR) is 87.9 cm³/mol. The zero-order chi connectivity index (χ0) is 15.5. The summed E-state index contributed by atoms with van der Waals surface area (Å²) in [6.45, 7) is 6.12. The van der Waals surface area contributed by atoms with Crippen LogP contribution in [0.25, 0.3) is 10.8 Å². The molecule has 0 bridgehead atoms. The second-order valence-corrected chi connectivity index (χ2v) is 7.76. The Hall–Kier alpha value is -1.34. The lowest BCUT2D eigenvalue weighted by atomic mass is 9.92. The number of aromatic nitrogens is 2. The summed E-state index contributed by atoms with van der Waals surface area (Å²) in [4.78, 5) is 15.2. The third-order valence-corrected chi connectivity index (χ3v) is 5.34. The van der Waals surface area contributed by atoms with Gasteiger partial charge in [-0.25, -0.2) is 0 Å². The van der Waals surface area contributed by atoms with Gasteiger partial charge in [0.15, 0.2) is 0 Å². The van der Waals surface area contributed by atoms with Gasteiger partial charge in [-0.15, -0.1) is 21.5 Å². The minimum atomic E-state index is 0.152. The first-order valence-electron chi connectivity index (χ1n) is 7.39. The van der Waals surface area contributed by atoms with Crippen LogP contribution in [0, 0.1) is 11.8 Å². The number of thioether (sulfide) groups is 1. The van der Waals surface area contributed by atoms with E-state index in [-0.39, 0.29) is 5.91 Å². The first kappa shape index (κ1) is 15.6. The van der Waals surface area contributed by atoms with E-state index in [1.54, 1.807) is 11.3 Å². The van der Waals surface area contributed by atoms with Crippen molar-refractivity contribution < 1.29 is 9.21 Å². The van der Waals surface area contributed by atoms with E-state index in [2.05, 4.69) is 24.0 Å². The summed E-state index contributed by atoms with van der Waals surface area (Å²) in [6.07, 6.45) is 1.20. The highest BCUT2D eigenvalue weighted by molar-refractivity contribution is 7.99. The third-order valence-electron chi connectivity index (χ3n) is 3.68. The van der Waals surface area contributed by atoms with Crippen molar-refractivity contribution in [3.63, 3.8) is 0 Å². The predicted octanol–water partition coefficient (Wildman–Crippen LogP) is 3.39. The number of carbonyl (C=O) groups excluding carboxylic acids is 1. The molecule has 118 valence electrons. The molecule has 0 aliphatic carbocycles. The van der Waals surface area contributed by atoms with E-state index >= 15 is 0 Å². The molecular weight excluding hydrogens is 318 g/mol. The van der Waals surface area contributed by atoms with E-state index in [1.165, 1.54) is 18.2 Å². The summed E-state index contributed by atoms with van der Waals surface area (Å²) in [5.74, 6) is 2.17. The van der Waals surface area contributed by atoms with Crippen molar-refractivity contribution in [1.29, 1.82) is 0 Å². The summed E-state index contributed by atoms with van der Waals surface area (Å²) in [6, 6.07) is 3.88. The SMILES string of the molecule is C[C@H]1C[C@H](C)CN(C(=O)CSc2nnc(-c3cccs3)o2)C1. The number of amides is 1. The normalized spacial score (nSPS) is 22.0. The topological polar surface area (TPSA) is 59.2 Å². The number of nitrogens with zero attached hydrogens (tertiary/aromatic N) is 3. The van der Waals surface area contributed by atoms with Gasteiger partial charge in [0, 0.05) is 13.1 Å². The minimum absolute atomic E-state index is 0.152. The Bertz CT molecular complexity index is 617. The van der Waals surface area contributed by atoms with E-state index in [0.717, 1.165) is 18.0 Å². The van der Waals surface area contributed by atoms with Crippen LogP contribution in [-0.4, -0.2) is 39.8 Å². The molecule has 5 nitrogen and oxygen atoms in total. The molecule has 0 saturated carbocycles. The van der Waals surface area contributed by atoms with E-state index in [4.69, 9.17) is 4.42 Å². The Labute approximate surface area is 138 Å². The Morgan fingerprint density at radius 3 is 2.86 bits per heavy atom. The molecule has 1 aliphatic rings. The molecule has 2 aromatic heterocycles. The molecule has 1 aliphatic heterocycles. The molecule has 0 aromatic carbocycles. The molecule has 22 heavy (non-hydrogen) atoms. The molecule has 1 saturated heterocycles. The molecule has 3 heterocycles. The lowest BCUT2D eigenvalue weighted by molar-refractivity contribution is -0.130. The van der Waals surface area contributed by atoms with Crippen LogP contribution in [0.3, 0.4) is 0 Å². The van der Waals surface area contributed by atoms with Gasteiger partial charge in [0.2, 0.25) is 5.91 Å². The molecule has 0 N–H and O–H groups in total. The van der Waals surface area contributed by atoms with E-state index in [9.17, 15) is 4.79 Å². The van der Waals surface area contributed by atoms with Gasteiger partial charge >= 0.3 is 0 Å². The Morgan fingerprint density at radius 1 is 1.41 bits per heavy atom. The summed E-state index contributed by atoms with van der Waals surface area (Å²) in [5, 5.41) is 10.4. The van der Waals surface area contributed by atoms with Crippen LogP contribution in [0.15, 0.2) is 27.2 Å². The maximum absolute atomic E-state index is 12.3. The smallest absolute Gasteiger partial charge is 0.277 e. The Kier molecular flexibility index (Phi) is 4.83. The number of thiophene rings is 1. The maximum Gasteiger partial charge on any atom is 0.277 e. The van der Waals surface area contributed by atoms with Crippen molar-refractivity contribution in [3.8, 4) is 10.8 Å². The fraction of sp³-hybridized carbons (Fsp3) is 0.533. The highest BCUT2D eigenvalue weighted by Gasteiger charge is 2.25. The first-order chi connectivity index (χ1) is 10.6. The van der Waals surface area contributed by atoms with Gasteiger partial charge in [0.1, 0.15) is 0 Å². The number of piperidine rings is 1. The molecule has 2 atom stereocenters. The molecule has 3 rings (SSSR count). The Balaban J connectivity index is 1.55. The van der Waals surface area contributed by atoms with Crippen LogP contribution in [0.1, 0.15) is 20.3 Å². The van der Waals surface area contributed by atoms with Crippen LogP contribution in [-0.2, 0) is 4.79 Å². The molecule has 2 aromatic rings. The molecule has 0 unspecified atom stereocenters. The first-order valence-corrected chi connectivity index (χ1v) is 9.26. The second-order valence-electron chi connectivity index (χ2n) is 5.88. The summed E-state index contributed by atoms with van der Waals surface area (Å²) < 4.78 is 5.59. The van der Waals surface area contributed by atoms with Crippen molar-refractivity contribution >= 4 is 29.0 Å². The largest absolute Gasteiger partial charge is 0.410 e. The lowest BCUT2D eigenvalue weighted by Gasteiger charge is -2.34. The number of hydrogen-bond donors (Lipinski definition) is 0. The standard InChI is InChI=1S/C15H19N3O2S2/c1-10-6-11(2)8-18(7-10)13(19)9-22-15-17-16-14(20-15)12-4-3-5-21-12/h3-5,10-11H,6-9H2,1-2H3/t10-,11-/m0/s1. The van der Waals surface area contributed by atoms with E-state index in [0.29, 0.717) is 28.7 Å². The summed E-state index contributed by atoms with van der Waals surface area (Å²) >= 11 is 2.87. The molecule has 1 amide bonds. The number of hydrogen-bond acceptors (Lipinski definition) is 6. The highest BCUT2D eigenvalue weighted by atomic mass is 32.2. The van der Waals surface area contributed by atoms with Crippen molar-refractivity contribution in [3.05, 3.63) is 17.5 Å². The van der Waals surface area contributed by atoms with Crippen LogP contribution in [0.2, 0.25) is 0 Å². The van der Waals surface area contributed by atoms with Gasteiger partial charge in [0.05, 0.1) is 10.6 Å². The van der Waals surface area contributed by atoms with Crippen molar-refractivity contribution in [1.82, 2.24) is 15.1 Å².